The van der Waals surface area contributed by atoms with Gasteiger partial charge >= 0.3 is 6.09 Å². The van der Waals surface area contributed by atoms with Gasteiger partial charge < -0.3 is 34.7 Å². The Kier molecular flexibility index (Phi) is 11.5. The van der Waals surface area contributed by atoms with Crippen LogP contribution in [0.15, 0.2) is 73.1 Å². The van der Waals surface area contributed by atoms with Crippen molar-refractivity contribution in [2.75, 3.05) is 27.3 Å². The van der Waals surface area contributed by atoms with Crippen LogP contribution in [0.1, 0.15) is 77.1 Å². The third-order valence-corrected chi connectivity index (χ3v) is 11.1. The number of carbonyl (C=O) groups is 3. The maximum Gasteiger partial charge on any atom is 0.407 e. The number of methoxy groups -OCH3 is 1. The Morgan fingerprint density at radius 2 is 1.16 bits per heavy atom. The van der Waals surface area contributed by atoms with Gasteiger partial charge in [0.1, 0.15) is 23.7 Å². The van der Waals surface area contributed by atoms with E-state index in [4.69, 9.17) is 19.5 Å². The fraction of sp³-hybridized carbons (Fsp3) is 0.419. The van der Waals surface area contributed by atoms with Gasteiger partial charge in [0.15, 0.2) is 0 Å². The molecule has 2 fully saturated rings. The zero-order valence-electron chi connectivity index (χ0n) is 33.0. The van der Waals surface area contributed by atoms with Crippen LogP contribution in [-0.4, -0.2) is 87.0 Å². The summed E-state index contributed by atoms with van der Waals surface area (Å²) < 4.78 is 4.77. The summed E-state index contributed by atoms with van der Waals surface area (Å²) in [4.78, 5) is 64.3. The molecule has 0 radical (unpaired) electrons. The van der Waals surface area contributed by atoms with Crippen LogP contribution in [0.3, 0.4) is 0 Å². The van der Waals surface area contributed by atoms with Crippen LogP contribution in [0.5, 0.6) is 0 Å². The number of hydrogen-bond acceptors (Lipinski definition) is 8. The van der Waals surface area contributed by atoms with Gasteiger partial charge in [0.05, 0.1) is 50.1 Å². The molecule has 2 saturated heterocycles. The molecule has 13 nitrogen and oxygen atoms in total. The third kappa shape index (κ3) is 7.92. The zero-order valence-corrected chi connectivity index (χ0v) is 33.0. The van der Waals surface area contributed by atoms with Gasteiger partial charge in [-0.1, -0.05) is 76.2 Å². The predicted molar refractivity (Wildman–Crippen MR) is 215 cm³/mol. The standard InChI is InChI=1S/C43H52N8O5/c1-25(2)37(48-43(54)55-5)41(52)50-19-7-9-35(50)40-45-24-34(47-40)32-18-17-30-21-29(15-16-31(30)22-32)27-11-13-28(14-12-27)33-23-44-39(46-33)36-10-8-20-51(36)42(53)38(26(3)4)49-56-6/h11-18,21-26,35-38,49H,7-10,19-20H2,1-6H3,(H,44,46)(H,45,47)(H,48,54). The van der Waals surface area contributed by atoms with E-state index in [0.717, 1.165) is 81.7 Å². The molecule has 4 unspecified atom stereocenters. The van der Waals surface area contributed by atoms with Gasteiger partial charge in [-0.2, -0.15) is 5.48 Å². The lowest BCUT2D eigenvalue weighted by atomic mass is 9.98. The number of imidazole rings is 2. The highest BCUT2D eigenvalue weighted by atomic mass is 16.6. The van der Waals surface area contributed by atoms with Crippen LogP contribution in [-0.2, 0) is 19.2 Å². The Morgan fingerprint density at radius 3 is 1.70 bits per heavy atom. The Bertz CT molecular complexity index is 2180. The SMILES string of the molecule is CONC(C(=O)N1CCCC1c1ncc(-c2ccc(-c3ccc4cc(-c5cnc(C6CCCN6C(=O)C(NC(=O)OC)C(C)C)[nH]5)ccc4c3)cc2)[nH]1)C(C)C. The molecule has 2 aliphatic rings. The van der Waals surface area contributed by atoms with Crippen molar-refractivity contribution in [1.29, 1.82) is 0 Å². The molecular weight excluding hydrogens is 709 g/mol. The predicted octanol–water partition coefficient (Wildman–Crippen LogP) is 7.17. The molecule has 294 valence electrons. The summed E-state index contributed by atoms with van der Waals surface area (Å²) in [7, 11) is 2.84. The van der Waals surface area contributed by atoms with E-state index in [0.29, 0.717) is 13.1 Å². The molecular formula is C43H52N8O5. The van der Waals surface area contributed by atoms with Crippen molar-refractivity contribution >= 4 is 28.7 Å². The topological polar surface area (TPSA) is 158 Å². The minimum Gasteiger partial charge on any atom is -0.453 e. The van der Waals surface area contributed by atoms with Crippen molar-refractivity contribution in [2.45, 2.75) is 77.5 Å². The van der Waals surface area contributed by atoms with Crippen LogP contribution in [0.2, 0.25) is 0 Å². The van der Waals surface area contributed by atoms with Crippen LogP contribution in [0, 0.1) is 11.8 Å². The summed E-state index contributed by atoms with van der Waals surface area (Å²) in [5.74, 6) is 1.43. The van der Waals surface area contributed by atoms with Gasteiger partial charge in [0.2, 0.25) is 11.8 Å². The van der Waals surface area contributed by atoms with Gasteiger partial charge in [-0.3, -0.25) is 9.59 Å². The molecule has 0 bridgehead atoms. The van der Waals surface area contributed by atoms with Gasteiger partial charge in [-0.15, -0.1) is 0 Å². The van der Waals surface area contributed by atoms with E-state index in [-0.39, 0.29) is 35.7 Å². The molecule has 0 saturated carbocycles. The van der Waals surface area contributed by atoms with Crippen LogP contribution < -0.4 is 10.8 Å². The van der Waals surface area contributed by atoms with Crippen LogP contribution >= 0.6 is 0 Å². The lowest BCUT2D eigenvalue weighted by molar-refractivity contribution is -0.140. The average Bonchev–Trinajstić information content (AvgIpc) is 4.05. The van der Waals surface area contributed by atoms with E-state index in [1.807, 2.05) is 49.9 Å². The molecule has 56 heavy (non-hydrogen) atoms. The number of benzene rings is 3. The van der Waals surface area contributed by atoms with Crippen molar-refractivity contribution in [1.82, 2.24) is 40.5 Å². The van der Waals surface area contributed by atoms with E-state index >= 15 is 0 Å². The molecule has 4 atom stereocenters. The largest absolute Gasteiger partial charge is 0.453 e. The van der Waals surface area contributed by atoms with Gasteiger partial charge in [0, 0.05) is 18.7 Å². The maximum absolute atomic E-state index is 13.6. The summed E-state index contributed by atoms with van der Waals surface area (Å²) in [6, 6.07) is 19.9. The Hall–Kier alpha value is -5.53. The van der Waals surface area contributed by atoms with Crippen molar-refractivity contribution in [2.24, 2.45) is 11.8 Å². The number of H-pyrrole nitrogens is 2. The number of carbonyl (C=O) groups excluding carboxylic acids is 3. The molecule has 2 aromatic heterocycles. The number of amides is 3. The molecule has 3 aromatic carbocycles. The second-order valence-electron chi connectivity index (χ2n) is 15.5. The average molecular weight is 761 g/mol. The lowest BCUT2D eigenvalue weighted by Gasteiger charge is -2.30. The Labute approximate surface area is 327 Å². The minimum absolute atomic E-state index is 0.0301. The molecule has 3 amide bonds. The number of likely N-dealkylation sites (tertiary alicyclic amines) is 2. The first-order valence-corrected chi connectivity index (χ1v) is 19.5. The second-order valence-corrected chi connectivity index (χ2v) is 15.5. The third-order valence-electron chi connectivity index (χ3n) is 11.1. The molecule has 2 aliphatic heterocycles. The minimum atomic E-state index is -0.680. The van der Waals surface area contributed by atoms with Crippen molar-refractivity contribution in [3.63, 3.8) is 0 Å². The van der Waals surface area contributed by atoms with E-state index in [9.17, 15) is 14.4 Å². The molecule has 5 aromatic rings. The number of aromatic nitrogens is 4. The molecule has 4 N–H and O–H groups in total. The monoisotopic (exact) mass is 760 g/mol. The van der Waals surface area contributed by atoms with Gasteiger partial charge in [-0.25, -0.2) is 14.8 Å². The fourth-order valence-corrected chi connectivity index (χ4v) is 8.03. The summed E-state index contributed by atoms with van der Waals surface area (Å²) in [6.45, 7) is 9.14. The number of alkyl carbamates (subject to hydrolysis) is 1. The number of aromatic amines is 2. The van der Waals surface area contributed by atoms with E-state index in [2.05, 4.69) is 81.4 Å². The van der Waals surface area contributed by atoms with Crippen LogP contribution in [0.4, 0.5) is 4.79 Å². The van der Waals surface area contributed by atoms with E-state index in [1.165, 1.54) is 7.11 Å². The van der Waals surface area contributed by atoms with E-state index < -0.39 is 18.2 Å². The smallest absolute Gasteiger partial charge is 0.407 e. The molecule has 13 heteroatoms. The number of hydroxylamine groups is 1. The molecule has 0 spiro atoms. The first-order valence-electron chi connectivity index (χ1n) is 19.5. The first kappa shape index (κ1) is 38.7. The summed E-state index contributed by atoms with van der Waals surface area (Å²) in [6.07, 6.45) is 6.50. The van der Waals surface area contributed by atoms with E-state index in [1.54, 1.807) is 7.11 Å². The summed E-state index contributed by atoms with van der Waals surface area (Å²) >= 11 is 0. The summed E-state index contributed by atoms with van der Waals surface area (Å²) in [5.41, 5.74) is 8.92. The molecule has 0 aliphatic carbocycles. The van der Waals surface area contributed by atoms with Crippen LogP contribution in [0.25, 0.3) is 44.4 Å². The maximum atomic E-state index is 13.6. The highest BCUT2D eigenvalue weighted by Gasteiger charge is 2.38. The number of nitrogens with zero attached hydrogens (tertiary/aromatic N) is 4. The Morgan fingerprint density at radius 1 is 0.679 bits per heavy atom. The van der Waals surface area contributed by atoms with Gasteiger partial charge in [-0.05, 0) is 77.1 Å². The number of ether oxygens (including phenoxy) is 1. The first-order chi connectivity index (χ1) is 27.1. The summed E-state index contributed by atoms with van der Waals surface area (Å²) in [5, 5.41) is 4.93. The normalized spacial score (nSPS) is 18.2. The number of fused-ring (bicyclic) bond motifs is 1. The highest BCUT2D eigenvalue weighted by Crippen LogP contribution is 2.35. The van der Waals surface area contributed by atoms with Gasteiger partial charge in [0.25, 0.3) is 0 Å². The second kappa shape index (κ2) is 16.7. The molecule has 7 rings (SSSR count). The van der Waals surface area contributed by atoms with Crippen molar-refractivity contribution in [3.8, 4) is 33.6 Å². The zero-order chi connectivity index (χ0) is 39.5. The fourth-order valence-electron chi connectivity index (χ4n) is 8.03. The number of hydrogen-bond donors (Lipinski definition) is 4. The van der Waals surface area contributed by atoms with Crippen molar-refractivity contribution in [3.05, 3.63) is 84.7 Å². The number of rotatable bonds is 12. The highest BCUT2D eigenvalue weighted by molar-refractivity contribution is 5.91. The molecule has 4 heterocycles. The quantitative estimate of drug-likeness (QED) is 0.0976. The lowest BCUT2D eigenvalue weighted by Crippen LogP contribution is -2.51. The van der Waals surface area contributed by atoms with Crippen molar-refractivity contribution < 1.29 is 24.0 Å². The Balaban J connectivity index is 1.03. The number of nitrogens with one attached hydrogen (secondary N) is 4.